The van der Waals surface area contributed by atoms with E-state index in [9.17, 15) is 4.39 Å². The van der Waals surface area contributed by atoms with E-state index < -0.39 is 0 Å². The van der Waals surface area contributed by atoms with Gasteiger partial charge in [0.1, 0.15) is 0 Å². The molecule has 1 aromatic rings. The standard InChI is InChI=1S/C12H16FO/c1-2-3-4-7-10-14-12-9-6-5-8-11(12)13/h6,8-9H,2-4,7,10H2,1H3. The fourth-order valence-corrected chi connectivity index (χ4v) is 1.22. The average Bonchev–Trinajstić information content (AvgIpc) is 2.20. The number of unbranched alkanes of at least 4 members (excludes halogenated alkanes) is 3. The second-order valence-corrected chi connectivity index (χ2v) is 3.27. The molecule has 0 aliphatic heterocycles. The summed E-state index contributed by atoms with van der Waals surface area (Å²) in [5.74, 6) is 0.00300. The van der Waals surface area contributed by atoms with Crippen LogP contribution < -0.4 is 4.74 Å². The van der Waals surface area contributed by atoms with Crippen molar-refractivity contribution in [3.8, 4) is 5.75 Å². The maximum Gasteiger partial charge on any atom is 0.165 e. The summed E-state index contributed by atoms with van der Waals surface area (Å²) in [7, 11) is 0. The molecule has 1 radical (unpaired) electrons. The van der Waals surface area contributed by atoms with Crippen LogP contribution in [0.5, 0.6) is 5.75 Å². The molecule has 77 valence electrons. The third-order valence-electron chi connectivity index (χ3n) is 2.03. The van der Waals surface area contributed by atoms with Crippen LogP contribution in [0, 0.1) is 11.9 Å². The zero-order chi connectivity index (χ0) is 10.2. The minimum absolute atomic E-state index is 0.331. The molecular formula is C12H16FO. The molecule has 0 spiro atoms. The molecule has 0 saturated carbocycles. The van der Waals surface area contributed by atoms with E-state index in [1.54, 1.807) is 12.1 Å². The van der Waals surface area contributed by atoms with Crippen LogP contribution in [0.3, 0.4) is 0 Å². The number of benzene rings is 1. The molecule has 1 nitrogen and oxygen atoms in total. The van der Waals surface area contributed by atoms with Crippen LogP contribution in [0.4, 0.5) is 4.39 Å². The van der Waals surface area contributed by atoms with Crippen molar-refractivity contribution >= 4 is 0 Å². The highest BCUT2D eigenvalue weighted by atomic mass is 19.1. The monoisotopic (exact) mass is 195 g/mol. The highest BCUT2D eigenvalue weighted by Gasteiger charge is 2.00. The lowest BCUT2D eigenvalue weighted by molar-refractivity contribution is 0.290. The number of ether oxygens (including phenoxy) is 1. The SMILES string of the molecule is CCCCCCOc1cc[c]cc1F. The zero-order valence-corrected chi connectivity index (χ0v) is 8.55. The number of halogens is 1. The van der Waals surface area contributed by atoms with Crippen molar-refractivity contribution in [2.45, 2.75) is 32.6 Å². The number of hydrogen-bond acceptors (Lipinski definition) is 1. The lowest BCUT2D eigenvalue weighted by Gasteiger charge is -2.05. The normalized spacial score (nSPS) is 10.1. The van der Waals surface area contributed by atoms with Crippen LogP contribution in [-0.4, -0.2) is 6.61 Å². The van der Waals surface area contributed by atoms with Crippen molar-refractivity contribution in [3.63, 3.8) is 0 Å². The summed E-state index contributed by atoms with van der Waals surface area (Å²) in [5.41, 5.74) is 0. The van der Waals surface area contributed by atoms with Crippen molar-refractivity contribution in [2.24, 2.45) is 0 Å². The molecule has 0 N–H and O–H groups in total. The maximum absolute atomic E-state index is 13.0. The van der Waals surface area contributed by atoms with E-state index in [0.717, 1.165) is 12.8 Å². The third kappa shape index (κ3) is 3.77. The van der Waals surface area contributed by atoms with E-state index in [1.807, 2.05) is 0 Å². The summed E-state index contributed by atoms with van der Waals surface area (Å²) in [5, 5.41) is 0. The predicted molar refractivity (Wildman–Crippen MR) is 54.9 cm³/mol. The Hall–Kier alpha value is -1.05. The lowest BCUT2D eigenvalue weighted by Crippen LogP contribution is -1.98. The van der Waals surface area contributed by atoms with Crippen molar-refractivity contribution in [1.82, 2.24) is 0 Å². The Bertz CT molecular complexity index is 260. The topological polar surface area (TPSA) is 9.23 Å². The van der Waals surface area contributed by atoms with E-state index in [1.165, 1.54) is 18.9 Å². The molecule has 1 rings (SSSR count). The van der Waals surface area contributed by atoms with Crippen LogP contribution in [-0.2, 0) is 0 Å². The van der Waals surface area contributed by atoms with Gasteiger partial charge in [-0.1, -0.05) is 32.3 Å². The third-order valence-corrected chi connectivity index (χ3v) is 2.03. The van der Waals surface area contributed by atoms with E-state index in [-0.39, 0.29) is 5.82 Å². The van der Waals surface area contributed by atoms with Crippen LogP contribution in [0.2, 0.25) is 0 Å². The van der Waals surface area contributed by atoms with Gasteiger partial charge in [-0.3, -0.25) is 0 Å². The minimum atomic E-state index is -0.331. The zero-order valence-electron chi connectivity index (χ0n) is 8.55. The Morgan fingerprint density at radius 2 is 2.21 bits per heavy atom. The molecule has 0 aliphatic carbocycles. The van der Waals surface area contributed by atoms with Crippen LogP contribution in [0.1, 0.15) is 32.6 Å². The van der Waals surface area contributed by atoms with Gasteiger partial charge in [-0.15, -0.1) is 0 Å². The smallest absolute Gasteiger partial charge is 0.165 e. The Balaban J connectivity index is 2.21. The molecule has 0 aliphatic rings. The first kappa shape index (κ1) is 11.0. The van der Waals surface area contributed by atoms with Crippen LogP contribution in [0.15, 0.2) is 18.2 Å². The van der Waals surface area contributed by atoms with E-state index in [0.29, 0.717) is 12.4 Å². The van der Waals surface area contributed by atoms with E-state index >= 15 is 0 Å². The van der Waals surface area contributed by atoms with Gasteiger partial charge in [0.05, 0.1) is 6.61 Å². The molecule has 0 amide bonds. The summed E-state index contributed by atoms with van der Waals surface area (Å²) < 4.78 is 18.3. The van der Waals surface area contributed by atoms with Crippen LogP contribution >= 0.6 is 0 Å². The summed E-state index contributed by atoms with van der Waals surface area (Å²) in [6, 6.07) is 7.21. The molecule has 1 aromatic carbocycles. The van der Waals surface area contributed by atoms with Gasteiger partial charge in [0.2, 0.25) is 0 Å². The van der Waals surface area contributed by atoms with Gasteiger partial charge < -0.3 is 4.74 Å². The van der Waals surface area contributed by atoms with Crippen molar-refractivity contribution in [1.29, 1.82) is 0 Å². The molecule has 0 bridgehead atoms. The molecule has 0 aromatic heterocycles. The second kappa shape index (κ2) is 6.41. The number of rotatable bonds is 6. The highest BCUT2D eigenvalue weighted by molar-refractivity contribution is 5.22. The first-order valence-electron chi connectivity index (χ1n) is 5.13. The first-order valence-corrected chi connectivity index (χ1v) is 5.13. The van der Waals surface area contributed by atoms with Gasteiger partial charge in [0, 0.05) is 0 Å². The van der Waals surface area contributed by atoms with Gasteiger partial charge in [0.15, 0.2) is 11.6 Å². The Labute approximate surface area is 84.9 Å². The molecule has 0 unspecified atom stereocenters. The quantitative estimate of drug-likeness (QED) is 0.630. The predicted octanol–water partition coefficient (Wildman–Crippen LogP) is 3.58. The van der Waals surface area contributed by atoms with Gasteiger partial charge >= 0.3 is 0 Å². The molecule has 0 atom stereocenters. The summed E-state index contributed by atoms with van der Waals surface area (Å²) in [6.45, 7) is 2.76. The van der Waals surface area contributed by atoms with Gasteiger partial charge in [-0.05, 0) is 24.6 Å². The molecule has 0 heterocycles. The average molecular weight is 195 g/mol. The van der Waals surface area contributed by atoms with Crippen molar-refractivity contribution in [2.75, 3.05) is 6.61 Å². The molecule has 2 heteroatoms. The summed E-state index contributed by atoms with van der Waals surface area (Å²) in [4.78, 5) is 0. The van der Waals surface area contributed by atoms with Crippen molar-refractivity contribution < 1.29 is 9.13 Å². The minimum Gasteiger partial charge on any atom is -0.491 e. The van der Waals surface area contributed by atoms with E-state index in [4.69, 9.17) is 4.74 Å². The fraction of sp³-hybridized carbons (Fsp3) is 0.500. The summed E-state index contributed by atoms with van der Waals surface area (Å²) >= 11 is 0. The fourth-order valence-electron chi connectivity index (χ4n) is 1.22. The Morgan fingerprint density at radius 3 is 2.93 bits per heavy atom. The van der Waals surface area contributed by atoms with E-state index in [2.05, 4.69) is 13.0 Å². The molecular weight excluding hydrogens is 179 g/mol. The second-order valence-electron chi connectivity index (χ2n) is 3.27. The van der Waals surface area contributed by atoms with Crippen LogP contribution in [0.25, 0.3) is 0 Å². The van der Waals surface area contributed by atoms with Gasteiger partial charge in [0.25, 0.3) is 0 Å². The summed E-state index contributed by atoms with van der Waals surface area (Å²) in [6.07, 6.45) is 4.56. The lowest BCUT2D eigenvalue weighted by atomic mass is 10.2. The molecule has 14 heavy (non-hydrogen) atoms. The highest BCUT2D eigenvalue weighted by Crippen LogP contribution is 2.15. The largest absolute Gasteiger partial charge is 0.491 e. The van der Waals surface area contributed by atoms with Crippen molar-refractivity contribution in [3.05, 3.63) is 30.1 Å². The van der Waals surface area contributed by atoms with Gasteiger partial charge in [-0.25, -0.2) is 4.39 Å². The first-order chi connectivity index (χ1) is 6.84. The Morgan fingerprint density at radius 1 is 1.36 bits per heavy atom. The maximum atomic E-state index is 13.0. The Kier molecular flexibility index (Phi) is 5.05. The molecule has 0 saturated heterocycles. The number of hydrogen-bond donors (Lipinski definition) is 0. The van der Waals surface area contributed by atoms with Gasteiger partial charge in [-0.2, -0.15) is 0 Å². The molecule has 0 fully saturated rings.